The summed E-state index contributed by atoms with van der Waals surface area (Å²) in [5, 5.41) is 24.9. The number of ether oxygens (including phenoxy) is 3. The maximum absolute atomic E-state index is 16.8. The van der Waals surface area contributed by atoms with Gasteiger partial charge >= 0.3 is 12.1 Å². The molecule has 74 heavy (non-hydrogen) atoms. The molecule has 3 amide bonds. The number of nitro benzene ring substituents is 1. The minimum atomic E-state index is -2.19. The van der Waals surface area contributed by atoms with Crippen LogP contribution in [0.3, 0.4) is 0 Å². The Morgan fingerprint density at radius 2 is 1.59 bits per heavy atom. The first kappa shape index (κ1) is 47.8. The van der Waals surface area contributed by atoms with Gasteiger partial charge in [-0.2, -0.15) is 0 Å². The Kier molecular flexibility index (Phi) is 13.0. The minimum absolute atomic E-state index is 0.0896. The summed E-state index contributed by atoms with van der Waals surface area (Å²) >= 11 is 1.22. The quantitative estimate of drug-likeness (QED) is 0.0541. The topological polar surface area (TPSA) is 191 Å². The van der Waals surface area contributed by atoms with E-state index in [4.69, 9.17) is 19.2 Å². The van der Waals surface area contributed by atoms with Gasteiger partial charge in [-0.1, -0.05) is 120 Å². The summed E-state index contributed by atoms with van der Waals surface area (Å²) in [4.78, 5) is 82.0. The first-order chi connectivity index (χ1) is 36.1. The highest BCUT2D eigenvalue weighted by Crippen LogP contribution is 2.67. The van der Waals surface area contributed by atoms with Crippen LogP contribution in [0.25, 0.3) is 10.2 Å². The third-order valence-electron chi connectivity index (χ3n) is 14.2. The minimum Gasteiger partial charge on any atom is -0.491 e. The Balaban J connectivity index is 1.18. The molecule has 1 spiro atoms. The number of cyclic esters (lactones) is 1. The van der Waals surface area contributed by atoms with Crippen molar-refractivity contribution < 1.29 is 43.4 Å². The largest absolute Gasteiger partial charge is 0.491 e. The fraction of sp³-hybridized carbons (Fsp3) is 0.224. The Bertz CT molecular complexity index is 3390. The lowest BCUT2D eigenvalue weighted by Crippen LogP contribution is -2.54. The van der Waals surface area contributed by atoms with Gasteiger partial charge in [-0.05, 0) is 102 Å². The van der Waals surface area contributed by atoms with Gasteiger partial charge in [-0.25, -0.2) is 14.7 Å². The number of nitrogens with zero attached hydrogens (tertiary/aromatic N) is 4. The zero-order valence-corrected chi connectivity index (χ0v) is 40.5. The molecule has 2 saturated heterocycles. The molecule has 7 aromatic rings. The van der Waals surface area contributed by atoms with E-state index in [9.17, 15) is 15.2 Å². The molecule has 3 aliphatic heterocycles. The molecule has 6 atom stereocenters. The molecule has 4 aliphatic rings. The first-order valence-electron chi connectivity index (χ1n) is 24.3. The van der Waals surface area contributed by atoms with Crippen LogP contribution >= 0.6 is 11.3 Å². The van der Waals surface area contributed by atoms with Crippen molar-refractivity contribution in [1.82, 2.24) is 9.88 Å². The van der Waals surface area contributed by atoms with E-state index < -0.39 is 64.4 Å². The smallest absolute Gasteiger partial charge is 0.421 e. The second-order valence-corrected chi connectivity index (χ2v) is 19.5. The number of benzene rings is 6. The summed E-state index contributed by atoms with van der Waals surface area (Å²) < 4.78 is 19.7. The number of esters is 1. The van der Waals surface area contributed by atoms with Crippen LogP contribution in [0.2, 0.25) is 0 Å². The van der Waals surface area contributed by atoms with Crippen LogP contribution in [0, 0.1) is 27.9 Å². The second kappa shape index (κ2) is 20.2. The lowest BCUT2D eigenvalue weighted by Gasteiger charge is -2.46. The number of hydrogen-bond acceptors (Lipinski definition) is 13. The fourth-order valence-electron chi connectivity index (χ4n) is 11.1. The van der Waals surface area contributed by atoms with Crippen LogP contribution in [0.4, 0.5) is 21.3 Å². The van der Waals surface area contributed by atoms with E-state index in [0.717, 1.165) is 40.9 Å². The summed E-state index contributed by atoms with van der Waals surface area (Å²) in [5.74, 6) is 2.82. The van der Waals surface area contributed by atoms with E-state index in [0.29, 0.717) is 33.3 Å². The maximum atomic E-state index is 16.8. The van der Waals surface area contributed by atoms with Crippen molar-refractivity contribution in [3.8, 4) is 17.6 Å². The van der Waals surface area contributed by atoms with E-state index >= 15 is 19.2 Å². The van der Waals surface area contributed by atoms with Crippen LogP contribution < -0.4 is 15.0 Å². The van der Waals surface area contributed by atoms with Gasteiger partial charge in [0.2, 0.25) is 11.8 Å². The lowest BCUT2D eigenvalue weighted by atomic mass is 9.65. The predicted molar refractivity (Wildman–Crippen MR) is 276 cm³/mol. The van der Waals surface area contributed by atoms with E-state index in [1.165, 1.54) is 35.6 Å². The zero-order chi connectivity index (χ0) is 50.9. The van der Waals surface area contributed by atoms with Crippen molar-refractivity contribution in [3.63, 3.8) is 0 Å². The number of carbonyl (C=O) groups excluding carboxylic acids is 4. The molecule has 1 aliphatic carbocycles. The Hall–Kier alpha value is -8.49. The van der Waals surface area contributed by atoms with Crippen molar-refractivity contribution in [2.45, 2.75) is 61.9 Å². The van der Waals surface area contributed by atoms with E-state index in [1.807, 2.05) is 89.8 Å². The number of nitro groups is 1. The fourth-order valence-corrected chi connectivity index (χ4v) is 11.9. The number of para-hydroxylation sites is 2. The van der Waals surface area contributed by atoms with Gasteiger partial charge in [0.1, 0.15) is 36.5 Å². The zero-order valence-electron chi connectivity index (χ0n) is 39.7. The van der Waals surface area contributed by atoms with Gasteiger partial charge in [0.05, 0.1) is 45.4 Å². The van der Waals surface area contributed by atoms with Crippen molar-refractivity contribution in [2.75, 3.05) is 23.4 Å². The molecule has 2 N–H and O–H groups in total. The summed E-state index contributed by atoms with van der Waals surface area (Å²) in [5.41, 5.74) is 2.17. The number of morpholine rings is 1. The molecule has 0 saturated carbocycles. The van der Waals surface area contributed by atoms with Crippen molar-refractivity contribution in [2.24, 2.45) is 5.92 Å². The number of rotatable bonds is 11. The van der Waals surface area contributed by atoms with Crippen molar-refractivity contribution in [3.05, 3.63) is 207 Å². The number of imide groups is 1. The lowest BCUT2D eigenvalue weighted by molar-refractivity contribution is -0.384. The van der Waals surface area contributed by atoms with E-state index in [-0.39, 0.29) is 47.6 Å². The Labute approximate surface area is 429 Å². The summed E-state index contributed by atoms with van der Waals surface area (Å²) in [6, 6.07) is 39.9. The van der Waals surface area contributed by atoms with Crippen LogP contribution in [-0.4, -0.2) is 63.0 Å². The standard InChI is InChI=1S/C58H47N5O10S/c64-32-33-71-46-22-12-10-20-42(46)52-58(43-34-37(25-24-36-14-4-1-5-15-36)28-31-45(43)61(55(58)67)57(68)72-35-38-26-29-41(30-27-38)63(69)70)48(53(65)60-56-59-44-21-11-13-23-47(44)74-56)50-54(66)73-51(40-18-8-3-9-19-40)49(62(50)52)39-16-6-2-7-17-39/h2-3,6-14,16-23,26-31,34,48-52,64H,1,4-5,15,32-33,35H2,(H,59,60,65). The van der Waals surface area contributed by atoms with Crippen molar-refractivity contribution >= 4 is 61.9 Å². The molecule has 0 radical (unpaired) electrons. The van der Waals surface area contributed by atoms with Gasteiger partial charge in [-0.15, -0.1) is 0 Å². The van der Waals surface area contributed by atoms with Gasteiger partial charge < -0.3 is 24.6 Å². The number of thiazole rings is 1. The van der Waals surface area contributed by atoms with E-state index in [2.05, 4.69) is 23.2 Å². The van der Waals surface area contributed by atoms with Crippen LogP contribution in [0.5, 0.6) is 5.75 Å². The number of allylic oxidation sites excluding steroid dienone is 2. The van der Waals surface area contributed by atoms with E-state index in [1.54, 1.807) is 42.5 Å². The first-order valence-corrected chi connectivity index (χ1v) is 25.1. The number of aliphatic hydroxyl groups is 1. The summed E-state index contributed by atoms with van der Waals surface area (Å²) in [7, 11) is 0. The highest BCUT2D eigenvalue weighted by molar-refractivity contribution is 7.22. The Morgan fingerprint density at radius 1 is 0.865 bits per heavy atom. The third kappa shape index (κ3) is 8.54. The van der Waals surface area contributed by atoms with Gasteiger partial charge in [0.15, 0.2) is 5.13 Å². The number of carbonyl (C=O) groups is 4. The molecular formula is C58H47N5O10S. The molecule has 16 heteroatoms. The number of nitrogens with one attached hydrogen (secondary N) is 1. The van der Waals surface area contributed by atoms with Gasteiger partial charge in [-0.3, -0.25) is 29.4 Å². The molecule has 4 heterocycles. The molecule has 6 unspecified atom stereocenters. The van der Waals surface area contributed by atoms with Crippen LogP contribution in [-0.2, 0) is 35.9 Å². The number of anilines is 2. The van der Waals surface area contributed by atoms with Crippen molar-refractivity contribution in [1.29, 1.82) is 0 Å². The number of aliphatic hydroxyl groups excluding tert-OH is 1. The average molecular weight is 1010 g/mol. The number of aromatic nitrogens is 1. The Morgan fingerprint density at radius 3 is 2.32 bits per heavy atom. The monoisotopic (exact) mass is 1010 g/mol. The number of non-ortho nitro benzene ring substituents is 1. The SMILES string of the molecule is O=C1OC(c2ccccc2)C(c2ccccc2)N2C1C(C(=O)Nc1nc3ccccc3s1)C1(C(=O)N(C(=O)OCc3ccc([N+](=O)[O-])cc3)c3ccc(C#CC4=CCCCC4)cc31)C2c1ccccc1OCCO. The molecule has 6 aromatic carbocycles. The second-order valence-electron chi connectivity index (χ2n) is 18.4. The highest BCUT2D eigenvalue weighted by atomic mass is 32.1. The van der Waals surface area contributed by atoms with Gasteiger partial charge in [0.25, 0.3) is 5.69 Å². The third-order valence-corrected chi connectivity index (χ3v) is 15.1. The number of amides is 3. The van der Waals surface area contributed by atoms with Crippen LogP contribution in [0.15, 0.2) is 163 Å². The average Bonchev–Trinajstić information content (AvgIpc) is 4.08. The molecule has 2 fully saturated rings. The number of hydrogen-bond donors (Lipinski definition) is 2. The predicted octanol–water partition coefficient (Wildman–Crippen LogP) is 10.1. The molecule has 0 bridgehead atoms. The normalized spacial score (nSPS) is 22.0. The van der Waals surface area contributed by atoms with Gasteiger partial charge in [0, 0.05) is 23.3 Å². The maximum Gasteiger partial charge on any atom is 0.421 e. The molecule has 15 nitrogen and oxygen atoms in total. The molecule has 11 rings (SSSR count). The summed E-state index contributed by atoms with van der Waals surface area (Å²) in [6.07, 6.45) is 3.78. The highest BCUT2D eigenvalue weighted by Gasteiger charge is 2.76. The number of fused-ring (bicyclic) bond motifs is 4. The molecule has 1 aromatic heterocycles. The van der Waals surface area contributed by atoms with Crippen LogP contribution in [0.1, 0.15) is 77.3 Å². The summed E-state index contributed by atoms with van der Waals surface area (Å²) in [6.45, 7) is -0.868. The molecule has 370 valence electrons. The molecular weight excluding hydrogens is 959 g/mol.